The van der Waals surface area contributed by atoms with Crippen molar-refractivity contribution in [1.29, 1.82) is 0 Å². The third-order valence-corrected chi connectivity index (χ3v) is 5.66. The van der Waals surface area contributed by atoms with Crippen molar-refractivity contribution in [2.45, 2.75) is 11.9 Å². The molecule has 6 nitrogen and oxygen atoms in total. The van der Waals surface area contributed by atoms with Gasteiger partial charge in [0, 0.05) is 42.7 Å². The summed E-state index contributed by atoms with van der Waals surface area (Å²) >= 11 is 3.37. The molecule has 0 bridgehead atoms. The standard InChI is InChI=1S/C18H22N4O2S2/c1-2-24-15-5-3-14(4-6-15)21-16(23)13-26-18-17(19-7-8-20-18)22-9-11-25-12-10-22/h3-8H,2,9-13H2,1H3,(H,21,23). The van der Waals surface area contributed by atoms with E-state index < -0.39 is 0 Å². The smallest absolute Gasteiger partial charge is 0.234 e. The maximum atomic E-state index is 12.3. The Bertz CT molecular complexity index is 721. The second-order valence-corrected chi connectivity index (χ2v) is 7.77. The first-order chi connectivity index (χ1) is 12.8. The molecule has 0 unspecified atom stereocenters. The minimum Gasteiger partial charge on any atom is -0.494 e. The highest BCUT2D eigenvalue weighted by molar-refractivity contribution is 8.00. The summed E-state index contributed by atoms with van der Waals surface area (Å²) in [5, 5.41) is 3.71. The van der Waals surface area contributed by atoms with Crippen LogP contribution in [0.4, 0.5) is 11.5 Å². The van der Waals surface area contributed by atoms with E-state index in [1.54, 1.807) is 12.4 Å². The van der Waals surface area contributed by atoms with E-state index in [2.05, 4.69) is 20.2 Å². The van der Waals surface area contributed by atoms with Gasteiger partial charge in [0.25, 0.3) is 0 Å². The zero-order valence-corrected chi connectivity index (χ0v) is 16.3. The highest BCUT2D eigenvalue weighted by Crippen LogP contribution is 2.27. The van der Waals surface area contributed by atoms with Gasteiger partial charge in [0.1, 0.15) is 10.8 Å². The topological polar surface area (TPSA) is 67.3 Å². The van der Waals surface area contributed by atoms with Gasteiger partial charge < -0.3 is 15.0 Å². The molecule has 1 saturated heterocycles. The molecule has 0 atom stereocenters. The second-order valence-electron chi connectivity index (χ2n) is 5.58. The molecular weight excluding hydrogens is 368 g/mol. The molecule has 26 heavy (non-hydrogen) atoms. The molecule has 1 fully saturated rings. The van der Waals surface area contributed by atoms with Crippen molar-refractivity contribution in [2.24, 2.45) is 0 Å². The molecule has 0 radical (unpaired) electrons. The molecule has 138 valence electrons. The van der Waals surface area contributed by atoms with E-state index in [0.717, 1.165) is 46.9 Å². The van der Waals surface area contributed by atoms with Crippen LogP contribution < -0.4 is 15.0 Å². The first-order valence-corrected chi connectivity index (χ1v) is 10.7. The lowest BCUT2D eigenvalue weighted by molar-refractivity contribution is -0.113. The molecule has 1 aliphatic rings. The molecule has 0 spiro atoms. The third kappa shape index (κ3) is 5.28. The minimum absolute atomic E-state index is 0.0648. The minimum atomic E-state index is -0.0648. The maximum absolute atomic E-state index is 12.3. The fourth-order valence-electron chi connectivity index (χ4n) is 2.54. The van der Waals surface area contributed by atoms with Crippen LogP contribution in [-0.2, 0) is 4.79 Å². The Hall–Kier alpha value is -1.93. The van der Waals surface area contributed by atoms with Crippen LogP contribution in [0.2, 0.25) is 0 Å². The molecular formula is C18H22N4O2S2. The molecule has 0 saturated carbocycles. The van der Waals surface area contributed by atoms with E-state index >= 15 is 0 Å². The van der Waals surface area contributed by atoms with Crippen molar-refractivity contribution in [3.63, 3.8) is 0 Å². The SMILES string of the molecule is CCOc1ccc(NC(=O)CSc2nccnc2N2CCSCC2)cc1. The summed E-state index contributed by atoms with van der Waals surface area (Å²) < 4.78 is 5.40. The number of aromatic nitrogens is 2. The van der Waals surface area contributed by atoms with Gasteiger partial charge in [-0.1, -0.05) is 11.8 Å². The van der Waals surface area contributed by atoms with Crippen molar-refractivity contribution < 1.29 is 9.53 Å². The Morgan fingerprint density at radius 3 is 2.69 bits per heavy atom. The van der Waals surface area contributed by atoms with Gasteiger partial charge in [-0.15, -0.1) is 0 Å². The van der Waals surface area contributed by atoms with E-state index in [1.165, 1.54) is 11.8 Å². The lowest BCUT2D eigenvalue weighted by Gasteiger charge is -2.28. The first-order valence-electron chi connectivity index (χ1n) is 8.55. The van der Waals surface area contributed by atoms with Gasteiger partial charge in [-0.2, -0.15) is 11.8 Å². The maximum Gasteiger partial charge on any atom is 0.234 e. The lowest BCUT2D eigenvalue weighted by atomic mass is 10.3. The highest BCUT2D eigenvalue weighted by Gasteiger charge is 2.17. The van der Waals surface area contributed by atoms with Gasteiger partial charge in [-0.25, -0.2) is 9.97 Å². The van der Waals surface area contributed by atoms with Crippen molar-refractivity contribution in [2.75, 3.05) is 47.2 Å². The number of rotatable bonds is 7. The van der Waals surface area contributed by atoms with Crippen LogP contribution >= 0.6 is 23.5 Å². The Morgan fingerprint density at radius 1 is 1.23 bits per heavy atom. The number of amides is 1. The molecule has 0 aliphatic carbocycles. The normalized spacial score (nSPS) is 14.1. The van der Waals surface area contributed by atoms with Crippen molar-refractivity contribution in [3.8, 4) is 5.75 Å². The molecule has 1 aliphatic heterocycles. The molecule has 3 rings (SSSR count). The number of benzene rings is 1. The number of thioether (sulfide) groups is 2. The summed E-state index contributed by atoms with van der Waals surface area (Å²) in [5.41, 5.74) is 0.756. The Labute approximate surface area is 162 Å². The molecule has 1 amide bonds. The van der Waals surface area contributed by atoms with E-state index in [0.29, 0.717) is 12.4 Å². The van der Waals surface area contributed by atoms with Crippen LogP contribution in [0, 0.1) is 0 Å². The van der Waals surface area contributed by atoms with Crippen molar-refractivity contribution in [3.05, 3.63) is 36.7 Å². The average Bonchev–Trinajstić information content (AvgIpc) is 2.69. The zero-order valence-electron chi connectivity index (χ0n) is 14.7. The quantitative estimate of drug-likeness (QED) is 0.728. The number of carbonyl (C=O) groups excluding carboxylic acids is 1. The van der Waals surface area contributed by atoms with Crippen LogP contribution in [-0.4, -0.2) is 52.8 Å². The first kappa shape index (κ1) is 18.8. The third-order valence-electron chi connectivity index (χ3n) is 3.75. The predicted octanol–water partition coefficient (Wildman–Crippen LogP) is 3.16. The van der Waals surface area contributed by atoms with Crippen LogP contribution in [0.1, 0.15) is 6.92 Å². The van der Waals surface area contributed by atoms with Gasteiger partial charge in [0.2, 0.25) is 5.91 Å². The van der Waals surface area contributed by atoms with Crippen LogP contribution in [0.25, 0.3) is 0 Å². The van der Waals surface area contributed by atoms with E-state index in [4.69, 9.17) is 4.74 Å². The summed E-state index contributed by atoms with van der Waals surface area (Å²) in [6, 6.07) is 7.38. The van der Waals surface area contributed by atoms with E-state index in [-0.39, 0.29) is 5.91 Å². The molecule has 1 aromatic heterocycles. The van der Waals surface area contributed by atoms with Gasteiger partial charge in [0.05, 0.1) is 12.4 Å². The van der Waals surface area contributed by atoms with Gasteiger partial charge >= 0.3 is 0 Å². The number of nitrogens with one attached hydrogen (secondary N) is 1. The number of ether oxygens (including phenoxy) is 1. The van der Waals surface area contributed by atoms with Crippen LogP contribution in [0.3, 0.4) is 0 Å². The summed E-state index contributed by atoms with van der Waals surface area (Å²) in [4.78, 5) is 23.4. The number of nitrogens with zero attached hydrogens (tertiary/aromatic N) is 3. The number of hydrogen-bond donors (Lipinski definition) is 1. The van der Waals surface area contributed by atoms with Crippen LogP contribution in [0.5, 0.6) is 5.75 Å². The molecule has 1 aromatic carbocycles. The number of carbonyl (C=O) groups is 1. The summed E-state index contributed by atoms with van der Waals surface area (Å²) in [5.74, 6) is 4.10. The number of hydrogen-bond acceptors (Lipinski definition) is 7. The highest BCUT2D eigenvalue weighted by atomic mass is 32.2. The molecule has 1 N–H and O–H groups in total. The molecule has 8 heteroatoms. The zero-order chi connectivity index (χ0) is 18.2. The Morgan fingerprint density at radius 2 is 1.96 bits per heavy atom. The van der Waals surface area contributed by atoms with Crippen molar-refractivity contribution in [1.82, 2.24) is 9.97 Å². The fourth-order valence-corrected chi connectivity index (χ4v) is 4.23. The summed E-state index contributed by atoms with van der Waals surface area (Å²) in [7, 11) is 0. The number of anilines is 2. The Kier molecular flexibility index (Phi) is 7.02. The average molecular weight is 391 g/mol. The molecule has 2 aromatic rings. The summed E-state index contributed by atoms with van der Waals surface area (Å²) in [6.07, 6.45) is 3.38. The predicted molar refractivity (Wildman–Crippen MR) is 109 cm³/mol. The van der Waals surface area contributed by atoms with Crippen molar-refractivity contribution >= 4 is 40.9 Å². The van der Waals surface area contributed by atoms with E-state index in [9.17, 15) is 4.79 Å². The van der Waals surface area contributed by atoms with Gasteiger partial charge in [-0.05, 0) is 31.2 Å². The van der Waals surface area contributed by atoms with E-state index in [1.807, 2.05) is 43.0 Å². The fraction of sp³-hybridized carbons (Fsp3) is 0.389. The second kappa shape index (κ2) is 9.68. The van der Waals surface area contributed by atoms with Crippen LogP contribution in [0.15, 0.2) is 41.7 Å². The monoisotopic (exact) mass is 390 g/mol. The molecule has 2 heterocycles. The summed E-state index contributed by atoms with van der Waals surface area (Å²) in [6.45, 7) is 4.50. The lowest BCUT2D eigenvalue weighted by Crippen LogP contribution is -2.33. The van der Waals surface area contributed by atoms with Gasteiger partial charge in [-0.3, -0.25) is 4.79 Å². The Balaban J connectivity index is 1.56. The largest absolute Gasteiger partial charge is 0.494 e. The van der Waals surface area contributed by atoms with Gasteiger partial charge in [0.15, 0.2) is 5.82 Å².